The molecule has 0 aliphatic rings. The van der Waals surface area contributed by atoms with Crippen molar-refractivity contribution in [2.24, 2.45) is 5.41 Å². The smallest absolute Gasteiger partial charge is 0.396 e. The minimum absolute atomic E-state index is 0.701. The van der Waals surface area contributed by atoms with Gasteiger partial charge in [-0.15, -0.1) is 0 Å². The average molecular weight is 172 g/mol. The van der Waals surface area contributed by atoms with Crippen molar-refractivity contribution in [3.63, 3.8) is 0 Å². The molecule has 0 radical (unpaired) electrons. The lowest BCUT2D eigenvalue weighted by Crippen LogP contribution is -2.43. The fraction of sp³-hybridized carbons (Fsp3) is 1.00. The molecular formula is C6H11F3O2. The Morgan fingerprint density at radius 3 is 1.73 bits per heavy atom. The molecule has 1 atom stereocenters. The molecule has 11 heavy (non-hydrogen) atoms. The van der Waals surface area contributed by atoms with E-state index in [1.807, 2.05) is 0 Å². The SMILES string of the molecule is CC(C)(CO)[C@@H](O)C(F)(F)F. The van der Waals surface area contributed by atoms with Crippen LogP contribution in [0.1, 0.15) is 13.8 Å². The van der Waals surface area contributed by atoms with Crippen molar-refractivity contribution in [1.29, 1.82) is 0 Å². The van der Waals surface area contributed by atoms with Crippen molar-refractivity contribution >= 4 is 0 Å². The highest BCUT2D eigenvalue weighted by molar-refractivity contribution is 4.82. The van der Waals surface area contributed by atoms with Gasteiger partial charge in [0.25, 0.3) is 0 Å². The number of aliphatic hydroxyl groups excluding tert-OH is 2. The van der Waals surface area contributed by atoms with Crippen LogP contribution in [0, 0.1) is 5.41 Å². The molecular weight excluding hydrogens is 161 g/mol. The van der Waals surface area contributed by atoms with Crippen molar-refractivity contribution in [2.45, 2.75) is 26.1 Å². The van der Waals surface area contributed by atoms with Crippen LogP contribution in [0.25, 0.3) is 0 Å². The second-order valence-electron chi connectivity index (χ2n) is 3.09. The summed E-state index contributed by atoms with van der Waals surface area (Å²) in [5.41, 5.74) is -1.53. The lowest BCUT2D eigenvalue weighted by Gasteiger charge is -2.29. The van der Waals surface area contributed by atoms with Crippen LogP contribution in [0.3, 0.4) is 0 Å². The van der Waals surface area contributed by atoms with E-state index >= 15 is 0 Å². The number of hydrogen-bond acceptors (Lipinski definition) is 2. The standard InChI is InChI=1S/C6H11F3O2/c1-5(2,3-10)4(11)6(7,8)9/h4,10-11H,3H2,1-2H3/t4-/m1/s1. The Morgan fingerprint density at radius 2 is 1.64 bits per heavy atom. The van der Waals surface area contributed by atoms with E-state index in [9.17, 15) is 13.2 Å². The highest BCUT2D eigenvalue weighted by atomic mass is 19.4. The first kappa shape index (κ1) is 10.7. The van der Waals surface area contributed by atoms with Crippen LogP contribution in [-0.2, 0) is 0 Å². The van der Waals surface area contributed by atoms with Gasteiger partial charge < -0.3 is 10.2 Å². The molecule has 0 saturated carbocycles. The third-order valence-electron chi connectivity index (χ3n) is 1.46. The second-order valence-corrected chi connectivity index (χ2v) is 3.09. The monoisotopic (exact) mass is 172 g/mol. The first-order chi connectivity index (χ1) is 4.72. The van der Waals surface area contributed by atoms with Gasteiger partial charge in [0, 0.05) is 5.41 Å². The predicted molar refractivity (Wildman–Crippen MR) is 32.9 cm³/mol. The summed E-state index contributed by atoms with van der Waals surface area (Å²) in [6.07, 6.45) is -7.13. The van der Waals surface area contributed by atoms with E-state index in [2.05, 4.69) is 0 Å². The molecule has 0 aromatic carbocycles. The Bertz CT molecular complexity index is 130. The van der Waals surface area contributed by atoms with Gasteiger partial charge in [0.15, 0.2) is 6.10 Å². The van der Waals surface area contributed by atoms with E-state index in [0.29, 0.717) is 0 Å². The molecule has 68 valence electrons. The maximum absolute atomic E-state index is 11.8. The number of alkyl halides is 3. The molecule has 0 bridgehead atoms. The minimum atomic E-state index is -4.66. The van der Waals surface area contributed by atoms with Gasteiger partial charge in [-0.2, -0.15) is 13.2 Å². The zero-order valence-corrected chi connectivity index (χ0v) is 6.31. The van der Waals surface area contributed by atoms with Gasteiger partial charge in [0.1, 0.15) is 0 Å². The molecule has 5 heteroatoms. The van der Waals surface area contributed by atoms with Crippen molar-refractivity contribution in [2.75, 3.05) is 6.61 Å². The molecule has 0 aliphatic carbocycles. The van der Waals surface area contributed by atoms with Gasteiger partial charge >= 0.3 is 6.18 Å². The molecule has 0 fully saturated rings. The number of halogens is 3. The van der Waals surface area contributed by atoms with Crippen LogP contribution in [-0.4, -0.2) is 29.1 Å². The molecule has 0 heterocycles. The summed E-state index contributed by atoms with van der Waals surface area (Å²) in [4.78, 5) is 0. The maximum Gasteiger partial charge on any atom is 0.414 e. The van der Waals surface area contributed by atoms with Crippen LogP contribution in [0.2, 0.25) is 0 Å². The first-order valence-electron chi connectivity index (χ1n) is 3.07. The van der Waals surface area contributed by atoms with Gasteiger partial charge in [0.2, 0.25) is 0 Å². The Morgan fingerprint density at radius 1 is 1.27 bits per heavy atom. The number of aliphatic hydroxyl groups is 2. The summed E-state index contributed by atoms with van der Waals surface area (Å²) >= 11 is 0. The molecule has 0 aliphatic heterocycles. The van der Waals surface area contributed by atoms with Crippen LogP contribution in [0.5, 0.6) is 0 Å². The van der Waals surface area contributed by atoms with Gasteiger partial charge in [-0.05, 0) is 0 Å². The summed E-state index contributed by atoms with van der Waals surface area (Å²) in [5, 5.41) is 17.1. The fourth-order valence-corrected chi connectivity index (χ4v) is 0.530. The Labute approximate surface area is 62.6 Å². The lowest BCUT2D eigenvalue weighted by molar-refractivity contribution is -0.238. The van der Waals surface area contributed by atoms with Crippen LogP contribution in [0.15, 0.2) is 0 Å². The summed E-state index contributed by atoms with van der Waals surface area (Å²) in [6, 6.07) is 0. The highest BCUT2D eigenvalue weighted by Gasteiger charge is 2.47. The normalized spacial score (nSPS) is 16.6. The first-order valence-corrected chi connectivity index (χ1v) is 3.07. The number of hydrogen-bond donors (Lipinski definition) is 2. The second kappa shape index (κ2) is 2.98. The third kappa shape index (κ3) is 2.67. The summed E-state index contributed by atoms with van der Waals surface area (Å²) < 4.78 is 35.3. The van der Waals surface area contributed by atoms with E-state index in [0.717, 1.165) is 13.8 Å². The largest absolute Gasteiger partial charge is 0.414 e. The van der Waals surface area contributed by atoms with E-state index in [1.54, 1.807) is 0 Å². The quantitative estimate of drug-likeness (QED) is 0.650. The van der Waals surface area contributed by atoms with E-state index in [1.165, 1.54) is 0 Å². The fourth-order valence-electron chi connectivity index (χ4n) is 0.530. The van der Waals surface area contributed by atoms with Crippen molar-refractivity contribution in [3.8, 4) is 0 Å². The molecule has 2 N–H and O–H groups in total. The van der Waals surface area contributed by atoms with Gasteiger partial charge in [-0.25, -0.2) is 0 Å². The van der Waals surface area contributed by atoms with Crippen molar-refractivity contribution in [3.05, 3.63) is 0 Å². The van der Waals surface area contributed by atoms with Crippen molar-refractivity contribution in [1.82, 2.24) is 0 Å². The summed E-state index contributed by atoms with van der Waals surface area (Å²) in [6.45, 7) is 1.59. The van der Waals surface area contributed by atoms with Gasteiger partial charge in [-0.3, -0.25) is 0 Å². The molecule has 0 aromatic heterocycles. The van der Waals surface area contributed by atoms with Gasteiger partial charge in [-0.1, -0.05) is 13.8 Å². The topological polar surface area (TPSA) is 40.5 Å². The summed E-state index contributed by atoms with van der Waals surface area (Å²) in [7, 11) is 0. The Hall–Kier alpha value is -0.290. The molecule has 0 unspecified atom stereocenters. The Kier molecular flexibility index (Phi) is 2.91. The van der Waals surface area contributed by atoms with Gasteiger partial charge in [0.05, 0.1) is 6.61 Å². The number of rotatable bonds is 2. The van der Waals surface area contributed by atoms with Crippen LogP contribution in [0.4, 0.5) is 13.2 Å². The highest BCUT2D eigenvalue weighted by Crippen LogP contribution is 2.32. The Balaban J connectivity index is 4.35. The zero-order chi connectivity index (χ0) is 9.28. The summed E-state index contributed by atoms with van der Waals surface area (Å²) in [5.74, 6) is 0. The molecule has 0 aromatic rings. The molecule has 0 rings (SSSR count). The molecule has 0 amide bonds. The van der Waals surface area contributed by atoms with E-state index in [-0.39, 0.29) is 0 Å². The molecule has 0 saturated heterocycles. The molecule has 0 spiro atoms. The van der Waals surface area contributed by atoms with Crippen molar-refractivity contribution < 1.29 is 23.4 Å². The maximum atomic E-state index is 11.8. The molecule has 2 nitrogen and oxygen atoms in total. The third-order valence-corrected chi connectivity index (χ3v) is 1.46. The average Bonchev–Trinajstić information content (AvgIpc) is 1.84. The van der Waals surface area contributed by atoms with E-state index in [4.69, 9.17) is 10.2 Å². The zero-order valence-electron chi connectivity index (χ0n) is 6.31. The predicted octanol–water partition coefficient (Wildman–Crippen LogP) is 0.928. The lowest BCUT2D eigenvalue weighted by atomic mass is 9.87. The minimum Gasteiger partial charge on any atom is -0.396 e. The van der Waals surface area contributed by atoms with Crippen LogP contribution < -0.4 is 0 Å². The van der Waals surface area contributed by atoms with E-state index < -0.39 is 24.3 Å². The van der Waals surface area contributed by atoms with Crippen LogP contribution >= 0.6 is 0 Å².